The van der Waals surface area contributed by atoms with Crippen LogP contribution in [0.5, 0.6) is 0 Å². The van der Waals surface area contributed by atoms with Crippen LogP contribution < -0.4 is 0 Å². The Morgan fingerprint density at radius 2 is 0.951 bits per heavy atom. The average Bonchev–Trinajstić information content (AvgIpc) is 3.71. The van der Waals surface area contributed by atoms with E-state index in [1.165, 1.54) is 12.1 Å². The molecule has 4 aliphatic rings. The smallest absolute Gasteiger partial charge is 0.378 e. The molecule has 13 heteroatoms. The van der Waals surface area contributed by atoms with Crippen molar-refractivity contribution in [2.24, 2.45) is 0 Å². The van der Waals surface area contributed by atoms with Crippen LogP contribution in [0.3, 0.4) is 0 Å². The third-order valence-corrected chi connectivity index (χ3v) is 7.28. The van der Waals surface area contributed by atoms with E-state index >= 15 is 0 Å². The van der Waals surface area contributed by atoms with Crippen LogP contribution in [0.2, 0.25) is 0 Å². The van der Waals surface area contributed by atoms with Crippen molar-refractivity contribution >= 4 is 23.9 Å². The van der Waals surface area contributed by atoms with Crippen molar-refractivity contribution in [3.63, 3.8) is 0 Å². The molecule has 0 bridgehead atoms. The average molecular weight is 571 g/mol. The summed E-state index contributed by atoms with van der Waals surface area (Å²) in [6.07, 6.45) is 1.21. The Balaban J connectivity index is 1.18. The number of carbonyl (C=O) groups excluding carboxylic acids is 2. The lowest BCUT2D eigenvalue weighted by Crippen LogP contribution is -2.20. The first-order chi connectivity index (χ1) is 19.8. The van der Waals surface area contributed by atoms with Gasteiger partial charge >= 0.3 is 23.9 Å². The number of carboxylic acid groups (broad SMARTS) is 2. The molecule has 13 nitrogen and oxygen atoms in total. The molecule has 0 aromatic heterocycles. The summed E-state index contributed by atoms with van der Waals surface area (Å²) in [6.45, 7) is 2.11. The van der Waals surface area contributed by atoms with Gasteiger partial charge in [-0.1, -0.05) is 12.1 Å². The zero-order valence-corrected chi connectivity index (χ0v) is 21.7. The summed E-state index contributed by atoms with van der Waals surface area (Å²) in [4.78, 5) is 59.3. The van der Waals surface area contributed by atoms with Crippen molar-refractivity contribution in [1.82, 2.24) is 0 Å². The quantitative estimate of drug-likeness (QED) is 0.190. The maximum Gasteiger partial charge on any atom is 0.378 e. The zero-order chi connectivity index (χ0) is 28.7. The highest BCUT2D eigenvalue weighted by Gasteiger charge is 2.35. The molecule has 4 fully saturated rings. The fourth-order valence-corrected chi connectivity index (χ4v) is 4.92. The second-order valence-electron chi connectivity index (χ2n) is 10.3. The lowest BCUT2D eigenvalue weighted by atomic mass is 9.90. The molecular formula is C28H26O13. The van der Waals surface area contributed by atoms with Crippen LogP contribution in [0.25, 0.3) is 0 Å². The second-order valence-corrected chi connectivity index (χ2v) is 10.3. The first-order valence-corrected chi connectivity index (χ1v) is 13.1. The number of aromatic carboxylic acids is 2. The van der Waals surface area contributed by atoms with Gasteiger partial charge in [0.1, 0.15) is 0 Å². The fraction of sp³-hybridized carbons (Fsp3) is 0.429. The van der Waals surface area contributed by atoms with Gasteiger partial charge < -0.3 is 29.2 Å². The lowest BCUT2D eigenvalue weighted by molar-refractivity contribution is -0.446. The van der Waals surface area contributed by atoms with E-state index in [1.807, 2.05) is 0 Å². The van der Waals surface area contributed by atoms with E-state index in [4.69, 9.17) is 18.9 Å². The molecule has 4 heterocycles. The van der Waals surface area contributed by atoms with E-state index in [0.29, 0.717) is 50.4 Å². The van der Waals surface area contributed by atoms with Crippen LogP contribution in [0.1, 0.15) is 63.7 Å². The minimum atomic E-state index is -1.35. The summed E-state index contributed by atoms with van der Waals surface area (Å²) in [6, 6.07) is 5.83. The lowest BCUT2D eigenvalue weighted by Gasteiger charge is -2.15. The number of ether oxygens (including phenoxy) is 4. The van der Waals surface area contributed by atoms with Gasteiger partial charge in [-0.05, 0) is 34.4 Å². The Morgan fingerprint density at radius 3 is 1.27 bits per heavy atom. The van der Waals surface area contributed by atoms with E-state index in [9.17, 15) is 29.4 Å². The predicted octanol–water partition coefficient (Wildman–Crippen LogP) is 1.71. The fourth-order valence-electron chi connectivity index (χ4n) is 4.92. The minimum absolute atomic E-state index is 0.0137. The van der Waals surface area contributed by atoms with Gasteiger partial charge in [0.25, 0.3) is 0 Å². The molecule has 0 aliphatic carbocycles. The van der Waals surface area contributed by atoms with Gasteiger partial charge in [-0.3, -0.25) is 9.78 Å². The number of epoxide rings is 4. The molecule has 0 saturated carbocycles. The van der Waals surface area contributed by atoms with Gasteiger partial charge in [0.15, 0.2) is 0 Å². The molecule has 0 amide bonds. The van der Waals surface area contributed by atoms with Gasteiger partial charge in [0, 0.05) is 30.7 Å². The van der Waals surface area contributed by atoms with Crippen molar-refractivity contribution < 1.29 is 63.2 Å². The summed E-state index contributed by atoms with van der Waals surface area (Å²) < 4.78 is 21.1. The molecule has 6 rings (SSSR count). The Labute approximate surface area is 232 Å². The van der Waals surface area contributed by atoms with E-state index in [1.54, 1.807) is 12.1 Å². The Bertz CT molecular complexity index is 1290. The molecule has 4 unspecified atom stereocenters. The van der Waals surface area contributed by atoms with E-state index in [2.05, 4.69) is 14.8 Å². The first-order valence-electron chi connectivity index (χ1n) is 13.1. The topological polar surface area (TPSA) is 187 Å². The Hall–Kier alpha value is -3.88. The number of hydrogen-bond donors (Lipinski definition) is 2. The van der Waals surface area contributed by atoms with Crippen LogP contribution in [0.15, 0.2) is 24.3 Å². The normalized spacial score (nSPS) is 23.4. The highest BCUT2D eigenvalue weighted by Crippen LogP contribution is 2.31. The molecular weight excluding hydrogens is 544 g/mol. The van der Waals surface area contributed by atoms with Crippen LogP contribution in [0, 0.1) is 0 Å². The molecule has 2 aromatic rings. The number of rotatable bonds is 14. The summed E-state index contributed by atoms with van der Waals surface area (Å²) in [5, 5.41) is 24.3. The van der Waals surface area contributed by atoms with Gasteiger partial charge in [0.05, 0.1) is 73.1 Å². The summed E-state index contributed by atoms with van der Waals surface area (Å²) >= 11 is 0. The van der Waals surface area contributed by atoms with Crippen LogP contribution >= 0.6 is 0 Å². The van der Waals surface area contributed by atoms with Crippen molar-refractivity contribution in [2.45, 2.75) is 50.1 Å². The summed E-state index contributed by atoms with van der Waals surface area (Å²) in [7, 11) is 0. The number of carbonyl (C=O) groups is 4. The number of hydrogen-bond acceptors (Lipinski definition) is 11. The minimum Gasteiger partial charge on any atom is -0.478 e. The largest absolute Gasteiger partial charge is 0.478 e. The third-order valence-electron chi connectivity index (χ3n) is 7.28. The molecule has 2 aromatic carbocycles. The molecule has 2 N–H and O–H groups in total. The highest BCUT2D eigenvalue weighted by atomic mass is 17.5. The second kappa shape index (κ2) is 11.2. The van der Waals surface area contributed by atoms with Gasteiger partial charge in [-0.25, -0.2) is 19.2 Å². The van der Waals surface area contributed by atoms with Crippen LogP contribution in [-0.4, -0.2) is 84.9 Å². The SMILES string of the molecule is O=C(OOOC(=O)c1ccc(CC2CO2)c(CC2CO2)c1C(=O)O)c1ccc(CC2CO2)c(CC2CO2)c1C(=O)O. The van der Waals surface area contributed by atoms with Crippen LogP contribution in [-0.2, 0) is 59.4 Å². The van der Waals surface area contributed by atoms with Crippen molar-refractivity contribution in [2.75, 3.05) is 26.4 Å². The van der Waals surface area contributed by atoms with Gasteiger partial charge in [0.2, 0.25) is 0 Å². The Kier molecular flexibility index (Phi) is 7.45. The van der Waals surface area contributed by atoms with Crippen LogP contribution in [0.4, 0.5) is 0 Å². The molecule has 41 heavy (non-hydrogen) atoms. The summed E-state index contributed by atoms with van der Waals surface area (Å²) in [5.41, 5.74) is 1.13. The molecule has 4 atom stereocenters. The standard InChI is InChI=1S/C28H26O13/c29-25(30)23-19(3-1-13(5-15-9-35-15)21(23)7-17-11-37-17)27(33)39-41-40-28(34)20-4-2-14(6-16-10-36-16)22(8-18-12-38-18)24(20)26(31)32/h1-4,15-18H,5-12H2,(H,29,30)(H,31,32). The highest BCUT2D eigenvalue weighted by molar-refractivity contribution is 6.04. The maximum absolute atomic E-state index is 12.8. The molecule has 0 spiro atoms. The number of benzene rings is 2. The van der Waals surface area contributed by atoms with E-state index < -0.39 is 23.9 Å². The molecule has 0 radical (unpaired) electrons. The van der Waals surface area contributed by atoms with E-state index in [0.717, 1.165) is 11.1 Å². The monoisotopic (exact) mass is 570 g/mol. The predicted molar refractivity (Wildman–Crippen MR) is 132 cm³/mol. The summed E-state index contributed by atoms with van der Waals surface area (Å²) in [5.74, 6) is -5.13. The molecule has 216 valence electrons. The Morgan fingerprint density at radius 1 is 0.610 bits per heavy atom. The van der Waals surface area contributed by atoms with E-state index in [-0.39, 0.29) is 59.5 Å². The molecule has 4 saturated heterocycles. The number of carboxylic acids is 2. The van der Waals surface area contributed by atoms with Gasteiger partial charge in [-0.15, -0.1) is 0 Å². The zero-order valence-electron chi connectivity index (χ0n) is 21.7. The van der Waals surface area contributed by atoms with Crippen molar-refractivity contribution in [1.29, 1.82) is 0 Å². The third kappa shape index (κ3) is 6.55. The van der Waals surface area contributed by atoms with Gasteiger partial charge in [-0.2, -0.15) is 0 Å². The first kappa shape index (κ1) is 27.3. The van der Waals surface area contributed by atoms with Crippen molar-refractivity contribution in [3.8, 4) is 0 Å². The van der Waals surface area contributed by atoms with Crippen molar-refractivity contribution in [3.05, 3.63) is 68.8 Å². The molecule has 4 aliphatic heterocycles. The maximum atomic E-state index is 12.8.